The molecule has 0 saturated carbocycles. The second-order valence-electron chi connectivity index (χ2n) is 4.68. The topological polar surface area (TPSA) is 41.9 Å². The van der Waals surface area contributed by atoms with E-state index in [0.717, 1.165) is 10.9 Å². The average molecular weight is 285 g/mol. The predicted molar refractivity (Wildman–Crippen MR) is 82.1 cm³/mol. The van der Waals surface area contributed by atoms with Crippen LogP contribution in [0, 0.1) is 0 Å². The van der Waals surface area contributed by atoms with E-state index in [2.05, 4.69) is 39.2 Å². The van der Waals surface area contributed by atoms with Crippen molar-refractivity contribution in [3.63, 3.8) is 0 Å². The first-order valence-corrected chi connectivity index (χ1v) is 6.59. The zero-order chi connectivity index (χ0) is 14.1. The van der Waals surface area contributed by atoms with Crippen LogP contribution in [0.4, 0.5) is 5.95 Å². The Morgan fingerprint density at radius 1 is 0.900 bits per heavy atom. The molecule has 5 heteroatoms. The summed E-state index contributed by atoms with van der Waals surface area (Å²) in [5.74, 6) is 1.13. The number of hydrogen-bond acceptors (Lipinski definition) is 4. The van der Waals surface area contributed by atoms with Crippen molar-refractivity contribution in [3.8, 4) is 11.4 Å². The molecule has 0 unspecified atom stereocenters. The predicted octanol–water partition coefficient (Wildman–Crippen LogP) is 3.41. The molecular weight excluding hydrogens is 272 g/mol. The van der Waals surface area contributed by atoms with Gasteiger partial charge in [-0.1, -0.05) is 36.4 Å². The molecule has 4 nitrogen and oxygen atoms in total. The lowest BCUT2D eigenvalue weighted by Gasteiger charge is -2.11. The van der Waals surface area contributed by atoms with Gasteiger partial charge in [-0.3, -0.25) is 0 Å². The number of aromatic nitrogens is 3. The Hall–Kier alpha value is -2.20. The van der Waals surface area contributed by atoms with Crippen molar-refractivity contribution in [2.24, 2.45) is 0 Å². The highest BCUT2D eigenvalue weighted by Gasteiger charge is 2.09. The monoisotopic (exact) mass is 284 g/mol. The molecular formula is C15H13ClN4. The standard InChI is InChI=1S/C15H13ClN4/c1-20(2)15-18-13(17-14(16)19-15)12-8-7-10-5-3-4-6-11(10)9-12/h3-9H,1-2H3. The van der Waals surface area contributed by atoms with Gasteiger partial charge in [0.05, 0.1) is 0 Å². The first-order chi connectivity index (χ1) is 9.63. The van der Waals surface area contributed by atoms with Crippen molar-refractivity contribution < 1.29 is 0 Å². The number of fused-ring (bicyclic) bond motifs is 1. The minimum atomic E-state index is 0.201. The Kier molecular flexibility index (Phi) is 3.24. The fraction of sp³-hybridized carbons (Fsp3) is 0.133. The van der Waals surface area contributed by atoms with E-state index in [1.807, 2.05) is 32.3 Å². The normalized spacial score (nSPS) is 10.8. The van der Waals surface area contributed by atoms with Gasteiger partial charge in [-0.2, -0.15) is 15.0 Å². The maximum absolute atomic E-state index is 5.97. The highest BCUT2D eigenvalue weighted by atomic mass is 35.5. The van der Waals surface area contributed by atoms with E-state index in [0.29, 0.717) is 11.8 Å². The molecule has 1 heterocycles. The van der Waals surface area contributed by atoms with Crippen LogP contribution in [-0.4, -0.2) is 29.0 Å². The Balaban J connectivity index is 2.15. The van der Waals surface area contributed by atoms with Gasteiger partial charge in [0.25, 0.3) is 0 Å². The van der Waals surface area contributed by atoms with Crippen LogP contribution in [0.1, 0.15) is 0 Å². The summed E-state index contributed by atoms with van der Waals surface area (Å²) in [4.78, 5) is 14.5. The average Bonchev–Trinajstić information content (AvgIpc) is 2.46. The molecule has 0 aliphatic rings. The zero-order valence-corrected chi connectivity index (χ0v) is 12.0. The number of rotatable bonds is 2. The second-order valence-corrected chi connectivity index (χ2v) is 5.02. The Morgan fingerprint density at radius 3 is 2.40 bits per heavy atom. The van der Waals surface area contributed by atoms with Crippen LogP contribution in [0.5, 0.6) is 0 Å². The van der Waals surface area contributed by atoms with Crippen LogP contribution in [-0.2, 0) is 0 Å². The van der Waals surface area contributed by atoms with Gasteiger partial charge < -0.3 is 4.90 Å². The van der Waals surface area contributed by atoms with Gasteiger partial charge in [-0.05, 0) is 28.4 Å². The Morgan fingerprint density at radius 2 is 1.65 bits per heavy atom. The van der Waals surface area contributed by atoms with Gasteiger partial charge >= 0.3 is 0 Å². The molecule has 100 valence electrons. The highest BCUT2D eigenvalue weighted by molar-refractivity contribution is 6.28. The van der Waals surface area contributed by atoms with Crippen LogP contribution >= 0.6 is 11.6 Å². The highest BCUT2D eigenvalue weighted by Crippen LogP contribution is 2.23. The van der Waals surface area contributed by atoms with E-state index in [4.69, 9.17) is 11.6 Å². The Bertz CT molecular complexity index is 771. The van der Waals surface area contributed by atoms with Crippen molar-refractivity contribution in [2.45, 2.75) is 0 Å². The van der Waals surface area contributed by atoms with Gasteiger partial charge in [0.2, 0.25) is 11.2 Å². The lowest BCUT2D eigenvalue weighted by molar-refractivity contribution is 0.962. The lowest BCUT2D eigenvalue weighted by Crippen LogP contribution is -2.13. The van der Waals surface area contributed by atoms with Gasteiger partial charge in [0, 0.05) is 19.7 Å². The molecule has 0 aliphatic heterocycles. The van der Waals surface area contributed by atoms with E-state index < -0.39 is 0 Å². The van der Waals surface area contributed by atoms with Crippen LogP contribution in [0.15, 0.2) is 42.5 Å². The minimum Gasteiger partial charge on any atom is -0.347 e. The SMILES string of the molecule is CN(C)c1nc(Cl)nc(-c2ccc3ccccc3c2)n1. The largest absolute Gasteiger partial charge is 0.347 e. The van der Waals surface area contributed by atoms with E-state index in [9.17, 15) is 0 Å². The summed E-state index contributed by atoms with van der Waals surface area (Å²) in [6.45, 7) is 0. The fourth-order valence-corrected chi connectivity index (χ4v) is 2.15. The summed E-state index contributed by atoms with van der Waals surface area (Å²) >= 11 is 5.97. The van der Waals surface area contributed by atoms with Crippen molar-refractivity contribution in [2.75, 3.05) is 19.0 Å². The van der Waals surface area contributed by atoms with Crippen molar-refractivity contribution in [1.82, 2.24) is 15.0 Å². The van der Waals surface area contributed by atoms with Gasteiger partial charge in [-0.25, -0.2) is 0 Å². The lowest BCUT2D eigenvalue weighted by atomic mass is 10.1. The third-order valence-corrected chi connectivity index (χ3v) is 3.17. The van der Waals surface area contributed by atoms with Gasteiger partial charge in [0.15, 0.2) is 5.82 Å². The summed E-state index contributed by atoms with van der Waals surface area (Å²) in [6, 6.07) is 14.3. The van der Waals surface area contributed by atoms with Gasteiger partial charge in [-0.15, -0.1) is 0 Å². The number of benzene rings is 2. The van der Waals surface area contributed by atoms with E-state index in [1.54, 1.807) is 4.90 Å². The smallest absolute Gasteiger partial charge is 0.229 e. The third-order valence-electron chi connectivity index (χ3n) is 3.00. The van der Waals surface area contributed by atoms with Gasteiger partial charge in [0.1, 0.15) is 0 Å². The van der Waals surface area contributed by atoms with Crippen LogP contribution in [0.2, 0.25) is 5.28 Å². The first-order valence-electron chi connectivity index (χ1n) is 6.21. The Labute approximate surface area is 122 Å². The number of hydrogen-bond donors (Lipinski definition) is 0. The van der Waals surface area contributed by atoms with E-state index >= 15 is 0 Å². The van der Waals surface area contributed by atoms with Crippen molar-refractivity contribution in [3.05, 3.63) is 47.7 Å². The number of anilines is 1. The van der Waals surface area contributed by atoms with E-state index in [-0.39, 0.29) is 5.28 Å². The molecule has 0 aliphatic carbocycles. The summed E-state index contributed by atoms with van der Waals surface area (Å²) in [7, 11) is 3.74. The molecule has 2 aromatic carbocycles. The second kappa shape index (κ2) is 5.06. The minimum absolute atomic E-state index is 0.201. The molecule has 0 atom stereocenters. The fourth-order valence-electron chi connectivity index (χ4n) is 2.00. The van der Waals surface area contributed by atoms with Crippen molar-refractivity contribution >= 4 is 28.3 Å². The molecule has 0 fully saturated rings. The summed E-state index contributed by atoms with van der Waals surface area (Å²) in [6.07, 6.45) is 0. The summed E-state index contributed by atoms with van der Waals surface area (Å²) in [5, 5.41) is 2.53. The molecule has 0 spiro atoms. The molecule has 3 rings (SSSR count). The molecule has 0 amide bonds. The number of nitrogens with zero attached hydrogens (tertiary/aromatic N) is 4. The maximum Gasteiger partial charge on any atom is 0.229 e. The van der Waals surface area contributed by atoms with E-state index in [1.165, 1.54) is 5.39 Å². The molecule has 3 aromatic rings. The summed E-state index contributed by atoms with van der Waals surface area (Å²) < 4.78 is 0. The number of halogens is 1. The molecule has 0 N–H and O–H groups in total. The quantitative estimate of drug-likeness (QED) is 0.723. The van der Waals surface area contributed by atoms with Crippen LogP contribution in [0.25, 0.3) is 22.2 Å². The molecule has 0 bridgehead atoms. The van der Waals surface area contributed by atoms with Crippen molar-refractivity contribution in [1.29, 1.82) is 0 Å². The van der Waals surface area contributed by atoms with Crippen LogP contribution < -0.4 is 4.90 Å². The first kappa shape index (κ1) is 12.8. The maximum atomic E-state index is 5.97. The van der Waals surface area contributed by atoms with Crippen LogP contribution in [0.3, 0.4) is 0 Å². The zero-order valence-electron chi connectivity index (χ0n) is 11.2. The molecule has 1 aromatic heterocycles. The molecule has 20 heavy (non-hydrogen) atoms. The summed E-state index contributed by atoms with van der Waals surface area (Å²) in [5.41, 5.74) is 0.927. The third kappa shape index (κ3) is 2.42. The molecule has 0 saturated heterocycles. The molecule has 0 radical (unpaired) electrons.